The van der Waals surface area contributed by atoms with E-state index in [-0.39, 0.29) is 0 Å². The molecule has 1 saturated carbocycles. The van der Waals surface area contributed by atoms with Crippen LogP contribution in [0.3, 0.4) is 0 Å². The van der Waals surface area contributed by atoms with Crippen molar-refractivity contribution in [1.29, 1.82) is 0 Å². The summed E-state index contributed by atoms with van der Waals surface area (Å²) in [5.41, 5.74) is 1.02. The maximum atomic E-state index is 5.46. The molecule has 0 amide bonds. The predicted octanol–water partition coefficient (Wildman–Crippen LogP) is 2.37. The Morgan fingerprint density at radius 3 is 2.14 bits per heavy atom. The predicted molar refractivity (Wildman–Crippen MR) is 81.4 cm³/mol. The van der Waals surface area contributed by atoms with Gasteiger partial charge in [0.1, 0.15) is 17.2 Å². The first-order valence-corrected chi connectivity index (χ1v) is 7.26. The number of benzene rings is 1. The van der Waals surface area contributed by atoms with Crippen LogP contribution < -0.4 is 19.5 Å². The van der Waals surface area contributed by atoms with E-state index in [1.54, 1.807) is 28.4 Å². The third-order valence-electron chi connectivity index (χ3n) is 4.10. The van der Waals surface area contributed by atoms with Crippen molar-refractivity contribution in [2.24, 2.45) is 0 Å². The summed E-state index contributed by atoms with van der Waals surface area (Å²) in [6.45, 7) is 0.706. The summed E-state index contributed by atoms with van der Waals surface area (Å²) in [4.78, 5) is 0. The normalized spacial score (nSPS) is 21.3. The van der Waals surface area contributed by atoms with Gasteiger partial charge in [-0.15, -0.1) is 0 Å². The average Bonchev–Trinajstić information content (AvgIpc) is 2.99. The fourth-order valence-electron chi connectivity index (χ4n) is 2.84. The van der Waals surface area contributed by atoms with Gasteiger partial charge >= 0.3 is 0 Å². The number of hydrogen-bond donors (Lipinski definition) is 1. The molecule has 2 atom stereocenters. The lowest BCUT2D eigenvalue weighted by molar-refractivity contribution is 0.107. The molecule has 1 aromatic rings. The van der Waals surface area contributed by atoms with Gasteiger partial charge in [0.25, 0.3) is 0 Å². The van der Waals surface area contributed by atoms with Crippen molar-refractivity contribution >= 4 is 0 Å². The Kier molecular flexibility index (Phi) is 5.70. The van der Waals surface area contributed by atoms with Crippen molar-refractivity contribution in [3.05, 3.63) is 17.7 Å². The molecule has 1 fully saturated rings. The Balaban J connectivity index is 2.08. The molecule has 1 aromatic carbocycles. The van der Waals surface area contributed by atoms with E-state index in [2.05, 4.69) is 5.32 Å². The second-order valence-electron chi connectivity index (χ2n) is 5.26. The quantitative estimate of drug-likeness (QED) is 0.837. The van der Waals surface area contributed by atoms with E-state index in [0.717, 1.165) is 42.1 Å². The largest absolute Gasteiger partial charge is 0.496 e. The molecule has 1 aliphatic carbocycles. The van der Waals surface area contributed by atoms with E-state index in [1.165, 1.54) is 0 Å². The van der Waals surface area contributed by atoms with Crippen LogP contribution in [0.2, 0.25) is 0 Å². The van der Waals surface area contributed by atoms with Gasteiger partial charge in [0.05, 0.1) is 33.0 Å². The fourth-order valence-corrected chi connectivity index (χ4v) is 2.84. The molecule has 0 aromatic heterocycles. The first-order chi connectivity index (χ1) is 10.2. The Hall–Kier alpha value is -1.46. The van der Waals surface area contributed by atoms with Gasteiger partial charge in [0.15, 0.2) is 0 Å². The van der Waals surface area contributed by atoms with Crippen LogP contribution in [0, 0.1) is 0 Å². The molecular formula is C16H25NO4. The molecule has 5 heteroatoms. The van der Waals surface area contributed by atoms with Crippen molar-refractivity contribution in [1.82, 2.24) is 5.32 Å². The molecule has 1 N–H and O–H groups in total. The highest BCUT2D eigenvalue weighted by molar-refractivity contribution is 5.50. The SMILES string of the molecule is COc1cc(OC)c(CNC2CCC(OC)C2)c(OC)c1. The average molecular weight is 295 g/mol. The molecule has 1 aliphatic rings. The zero-order chi connectivity index (χ0) is 15.2. The zero-order valence-corrected chi connectivity index (χ0v) is 13.3. The molecule has 5 nitrogen and oxygen atoms in total. The summed E-state index contributed by atoms with van der Waals surface area (Å²) in [6, 6.07) is 4.24. The van der Waals surface area contributed by atoms with E-state index >= 15 is 0 Å². The Morgan fingerprint density at radius 1 is 1.00 bits per heavy atom. The van der Waals surface area contributed by atoms with Crippen LogP contribution in [0.4, 0.5) is 0 Å². The van der Waals surface area contributed by atoms with Crippen LogP contribution in [0.25, 0.3) is 0 Å². The number of ether oxygens (including phenoxy) is 4. The first-order valence-electron chi connectivity index (χ1n) is 7.26. The standard InChI is InChI=1S/C16H25NO4/c1-18-12-6-5-11(7-12)17-10-14-15(20-3)8-13(19-2)9-16(14)21-4/h8-9,11-12,17H,5-7,10H2,1-4H3. The first kappa shape index (κ1) is 15.9. The second kappa shape index (κ2) is 7.52. The van der Waals surface area contributed by atoms with E-state index in [0.29, 0.717) is 18.7 Å². The smallest absolute Gasteiger partial charge is 0.130 e. The van der Waals surface area contributed by atoms with Crippen molar-refractivity contribution < 1.29 is 18.9 Å². The summed E-state index contributed by atoms with van der Waals surface area (Å²) in [5, 5.41) is 3.57. The third-order valence-corrected chi connectivity index (χ3v) is 4.10. The number of methoxy groups -OCH3 is 4. The van der Waals surface area contributed by atoms with Crippen LogP contribution in [0.5, 0.6) is 17.2 Å². The molecule has 21 heavy (non-hydrogen) atoms. The second-order valence-corrected chi connectivity index (χ2v) is 5.26. The van der Waals surface area contributed by atoms with Gasteiger partial charge in [-0.3, -0.25) is 0 Å². The maximum Gasteiger partial charge on any atom is 0.130 e. The minimum absolute atomic E-state index is 0.377. The van der Waals surface area contributed by atoms with Crippen molar-refractivity contribution in [2.75, 3.05) is 28.4 Å². The van der Waals surface area contributed by atoms with Crippen LogP contribution in [-0.2, 0) is 11.3 Å². The molecule has 0 heterocycles. The molecule has 2 unspecified atom stereocenters. The lowest BCUT2D eigenvalue weighted by Crippen LogP contribution is -2.27. The van der Waals surface area contributed by atoms with Gasteiger partial charge < -0.3 is 24.3 Å². The molecule has 0 spiro atoms. The topological polar surface area (TPSA) is 49.0 Å². The van der Waals surface area contributed by atoms with Gasteiger partial charge in [-0.05, 0) is 19.3 Å². The van der Waals surface area contributed by atoms with Crippen molar-refractivity contribution in [3.63, 3.8) is 0 Å². The Bertz CT molecular complexity index is 439. The molecular weight excluding hydrogens is 270 g/mol. The summed E-state index contributed by atoms with van der Waals surface area (Å²) in [6.07, 6.45) is 3.68. The summed E-state index contributed by atoms with van der Waals surface area (Å²) in [7, 11) is 6.74. The Labute approximate surface area is 126 Å². The minimum Gasteiger partial charge on any atom is -0.496 e. The molecule has 0 radical (unpaired) electrons. The molecule has 2 rings (SSSR count). The van der Waals surface area contributed by atoms with E-state index in [1.807, 2.05) is 12.1 Å². The lowest BCUT2D eigenvalue weighted by Gasteiger charge is -2.18. The van der Waals surface area contributed by atoms with E-state index < -0.39 is 0 Å². The molecule has 0 bridgehead atoms. The summed E-state index contributed by atoms with van der Waals surface area (Å²) in [5.74, 6) is 2.28. The van der Waals surface area contributed by atoms with Crippen LogP contribution in [-0.4, -0.2) is 40.6 Å². The Morgan fingerprint density at radius 2 is 1.67 bits per heavy atom. The van der Waals surface area contributed by atoms with Crippen LogP contribution in [0.1, 0.15) is 24.8 Å². The maximum absolute atomic E-state index is 5.46. The number of rotatable bonds is 7. The minimum atomic E-state index is 0.377. The zero-order valence-electron chi connectivity index (χ0n) is 13.3. The van der Waals surface area contributed by atoms with Gasteiger partial charge in [0.2, 0.25) is 0 Å². The van der Waals surface area contributed by atoms with Gasteiger partial charge in [-0.2, -0.15) is 0 Å². The van der Waals surface area contributed by atoms with Crippen LogP contribution in [0.15, 0.2) is 12.1 Å². The monoisotopic (exact) mass is 295 g/mol. The lowest BCUT2D eigenvalue weighted by atomic mass is 10.1. The summed E-state index contributed by atoms with van der Waals surface area (Å²) >= 11 is 0. The highest BCUT2D eigenvalue weighted by atomic mass is 16.5. The number of nitrogens with one attached hydrogen (secondary N) is 1. The van der Waals surface area contributed by atoms with Gasteiger partial charge in [0, 0.05) is 31.8 Å². The fraction of sp³-hybridized carbons (Fsp3) is 0.625. The molecule has 0 aliphatic heterocycles. The summed E-state index contributed by atoms with van der Waals surface area (Å²) < 4.78 is 21.6. The molecule has 118 valence electrons. The van der Waals surface area contributed by atoms with Gasteiger partial charge in [-0.1, -0.05) is 0 Å². The highest BCUT2D eigenvalue weighted by Crippen LogP contribution is 2.34. The van der Waals surface area contributed by atoms with E-state index in [9.17, 15) is 0 Å². The highest BCUT2D eigenvalue weighted by Gasteiger charge is 2.24. The van der Waals surface area contributed by atoms with Crippen molar-refractivity contribution in [3.8, 4) is 17.2 Å². The molecule has 0 saturated heterocycles. The van der Waals surface area contributed by atoms with E-state index in [4.69, 9.17) is 18.9 Å². The van der Waals surface area contributed by atoms with Gasteiger partial charge in [-0.25, -0.2) is 0 Å². The van der Waals surface area contributed by atoms with Crippen LogP contribution >= 0.6 is 0 Å². The number of hydrogen-bond acceptors (Lipinski definition) is 5. The third kappa shape index (κ3) is 3.80. The van der Waals surface area contributed by atoms with Crippen molar-refractivity contribution in [2.45, 2.75) is 38.0 Å².